The molecule has 0 saturated heterocycles. The van der Waals surface area contributed by atoms with Crippen molar-refractivity contribution in [3.63, 3.8) is 0 Å². The molecule has 4 heteroatoms. The van der Waals surface area contributed by atoms with E-state index in [-0.39, 0.29) is 0 Å². The number of aromatic nitrogens is 2. The zero-order valence-corrected chi connectivity index (χ0v) is 12.4. The molecule has 102 valence electrons. The van der Waals surface area contributed by atoms with Crippen LogP contribution in [0.2, 0.25) is 5.02 Å². The van der Waals surface area contributed by atoms with Crippen molar-refractivity contribution in [3.8, 4) is 0 Å². The highest BCUT2D eigenvalue weighted by Crippen LogP contribution is 2.28. The molecular weight excluding hydrogens is 258 g/mol. The van der Waals surface area contributed by atoms with Gasteiger partial charge < -0.3 is 5.73 Å². The molecule has 2 N–H and O–H groups in total. The van der Waals surface area contributed by atoms with E-state index in [0.29, 0.717) is 17.5 Å². The highest BCUT2D eigenvalue weighted by atomic mass is 35.5. The van der Waals surface area contributed by atoms with Gasteiger partial charge in [0.1, 0.15) is 0 Å². The molecule has 0 fully saturated rings. The van der Waals surface area contributed by atoms with Gasteiger partial charge in [-0.25, -0.2) is 0 Å². The molecule has 1 unspecified atom stereocenters. The lowest BCUT2D eigenvalue weighted by atomic mass is 9.88. The van der Waals surface area contributed by atoms with Crippen LogP contribution in [0.5, 0.6) is 0 Å². The molecule has 1 aromatic heterocycles. The van der Waals surface area contributed by atoms with Crippen LogP contribution in [-0.4, -0.2) is 9.78 Å². The third kappa shape index (κ3) is 3.17. The Labute approximate surface area is 119 Å². The van der Waals surface area contributed by atoms with Gasteiger partial charge in [-0.15, -0.1) is 0 Å². The predicted octanol–water partition coefficient (Wildman–Crippen LogP) is 3.53. The molecule has 2 rings (SSSR count). The van der Waals surface area contributed by atoms with Crippen LogP contribution in [0.15, 0.2) is 36.5 Å². The molecule has 0 radical (unpaired) electrons. The zero-order chi connectivity index (χ0) is 14.0. The van der Waals surface area contributed by atoms with Crippen LogP contribution in [0.3, 0.4) is 0 Å². The Bertz CT molecular complexity index is 558. The Balaban J connectivity index is 2.23. The predicted molar refractivity (Wildman–Crippen MR) is 79.3 cm³/mol. The largest absolute Gasteiger partial charge is 0.321 e. The van der Waals surface area contributed by atoms with Gasteiger partial charge in [-0.3, -0.25) is 4.68 Å². The van der Waals surface area contributed by atoms with Crippen molar-refractivity contribution in [1.82, 2.24) is 9.78 Å². The van der Waals surface area contributed by atoms with Crippen molar-refractivity contribution >= 4 is 11.6 Å². The Kier molecular flexibility index (Phi) is 3.97. The Morgan fingerprint density at radius 2 is 2.00 bits per heavy atom. The van der Waals surface area contributed by atoms with Gasteiger partial charge in [0.05, 0.1) is 5.69 Å². The van der Waals surface area contributed by atoms with Gasteiger partial charge in [-0.2, -0.15) is 5.10 Å². The SMILES string of the molecule is CC(C)n1ccc(CC(C)(N)c2ccccc2Cl)n1. The zero-order valence-electron chi connectivity index (χ0n) is 11.6. The highest BCUT2D eigenvalue weighted by molar-refractivity contribution is 6.31. The minimum absolute atomic E-state index is 0.359. The van der Waals surface area contributed by atoms with E-state index in [0.717, 1.165) is 11.3 Å². The van der Waals surface area contributed by atoms with Crippen LogP contribution in [0, 0.1) is 0 Å². The second kappa shape index (κ2) is 5.35. The van der Waals surface area contributed by atoms with E-state index in [9.17, 15) is 0 Å². The molecule has 0 aliphatic carbocycles. The van der Waals surface area contributed by atoms with Crippen LogP contribution >= 0.6 is 11.6 Å². The first-order chi connectivity index (χ1) is 8.90. The number of rotatable bonds is 4. The summed E-state index contributed by atoms with van der Waals surface area (Å²) in [5.41, 5.74) is 7.84. The van der Waals surface area contributed by atoms with Crippen LogP contribution in [0.25, 0.3) is 0 Å². The summed E-state index contributed by atoms with van der Waals surface area (Å²) < 4.78 is 1.94. The summed E-state index contributed by atoms with van der Waals surface area (Å²) in [7, 11) is 0. The normalized spacial score (nSPS) is 14.6. The maximum Gasteiger partial charge on any atom is 0.0646 e. The molecule has 1 atom stereocenters. The van der Waals surface area contributed by atoms with Crippen molar-refractivity contribution in [2.24, 2.45) is 5.73 Å². The number of nitrogens with zero attached hydrogens (tertiary/aromatic N) is 2. The van der Waals surface area contributed by atoms with Gasteiger partial charge >= 0.3 is 0 Å². The fraction of sp³-hybridized carbons (Fsp3) is 0.400. The average molecular weight is 278 g/mol. The summed E-state index contributed by atoms with van der Waals surface area (Å²) in [6.07, 6.45) is 2.65. The van der Waals surface area contributed by atoms with Crippen LogP contribution in [0.1, 0.15) is 38.1 Å². The first-order valence-corrected chi connectivity index (χ1v) is 6.86. The second-order valence-corrected chi connectivity index (χ2v) is 5.86. The number of hydrogen-bond donors (Lipinski definition) is 1. The smallest absolute Gasteiger partial charge is 0.0646 e. The van der Waals surface area contributed by atoms with E-state index in [1.165, 1.54) is 0 Å². The van der Waals surface area contributed by atoms with E-state index < -0.39 is 5.54 Å². The Morgan fingerprint density at radius 1 is 1.32 bits per heavy atom. The summed E-state index contributed by atoms with van der Waals surface area (Å²) in [4.78, 5) is 0. The van der Waals surface area contributed by atoms with Gasteiger partial charge in [0.15, 0.2) is 0 Å². The molecule has 0 aliphatic heterocycles. The van der Waals surface area contributed by atoms with Crippen molar-refractivity contribution in [3.05, 3.63) is 52.8 Å². The minimum atomic E-state index is -0.519. The molecule has 19 heavy (non-hydrogen) atoms. The summed E-state index contributed by atoms with van der Waals surface area (Å²) in [6.45, 7) is 6.20. The van der Waals surface area contributed by atoms with Crippen molar-refractivity contribution in [1.29, 1.82) is 0 Å². The van der Waals surface area contributed by atoms with Crippen molar-refractivity contribution in [2.75, 3.05) is 0 Å². The van der Waals surface area contributed by atoms with Gasteiger partial charge in [0, 0.05) is 29.2 Å². The number of benzene rings is 1. The Morgan fingerprint density at radius 3 is 2.58 bits per heavy atom. The van der Waals surface area contributed by atoms with Gasteiger partial charge in [-0.05, 0) is 38.5 Å². The number of nitrogens with two attached hydrogens (primary N) is 1. The molecule has 0 spiro atoms. The quantitative estimate of drug-likeness (QED) is 0.929. The molecule has 0 amide bonds. The lowest BCUT2D eigenvalue weighted by Crippen LogP contribution is -2.36. The van der Waals surface area contributed by atoms with E-state index in [1.807, 2.05) is 48.1 Å². The standard InChI is InChI=1S/C15H20ClN3/c1-11(2)19-9-8-12(18-19)10-15(3,17)13-6-4-5-7-14(13)16/h4-9,11H,10,17H2,1-3H3. The maximum atomic E-state index is 6.42. The third-order valence-electron chi connectivity index (χ3n) is 3.23. The highest BCUT2D eigenvalue weighted by Gasteiger charge is 2.25. The molecule has 2 aromatic rings. The number of halogens is 1. The fourth-order valence-electron chi connectivity index (χ4n) is 2.16. The van der Waals surface area contributed by atoms with E-state index in [1.54, 1.807) is 0 Å². The third-order valence-corrected chi connectivity index (χ3v) is 3.56. The van der Waals surface area contributed by atoms with Gasteiger partial charge in [0.2, 0.25) is 0 Å². The molecule has 3 nitrogen and oxygen atoms in total. The van der Waals surface area contributed by atoms with E-state index >= 15 is 0 Å². The summed E-state index contributed by atoms with van der Waals surface area (Å²) >= 11 is 6.23. The molecule has 1 heterocycles. The first kappa shape index (κ1) is 14.1. The lowest BCUT2D eigenvalue weighted by Gasteiger charge is -2.25. The van der Waals surface area contributed by atoms with Gasteiger partial charge in [-0.1, -0.05) is 29.8 Å². The van der Waals surface area contributed by atoms with Gasteiger partial charge in [0.25, 0.3) is 0 Å². The van der Waals surface area contributed by atoms with Crippen LogP contribution < -0.4 is 5.73 Å². The minimum Gasteiger partial charge on any atom is -0.321 e. The van der Waals surface area contributed by atoms with Crippen molar-refractivity contribution in [2.45, 2.75) is 38.8 Å². The molecule has 0 bridgehead atoms. The molecule has 0 saturated carbocycles. The summed E-state index contributed by atoms with van der Waals surface area (Å²) in [5, 5.41) is 5.25. The molecule has 1 aromatic carbocycles. The first-order valence-electron chi connectivity index (χ1n) is 6.48. The summed E-state index contributed by atoms with van der Waals surface area (Å²) in [6, 6.07) is 10.1. The lowest BCUT2D eigenvalue weighted by molar-refractivity contribution is 0.469. The fourth-order valence-corrected chi connectivity index (χ4v) is 2.51. The number of hydrogen-bond acceptors (Lipinski definition) is 2. The average Bonchev–Trinajstić information content (AvgIpc) is 2.77. The topological polar surface area (TPSA) is 43.8 Å². The molecule has 0 aliphatic rings. The van der Waals surface area contributed by atoms with Crippen molar-refractivity contribution < 1.29 is 0 Å². The van der Waals surface area contributed by atoms with E-state index in [4.69, 9.17) is 17.3 Å². The summed E-state index contributed by atoms with van der Waals surface area (Å²) in [5.74, 6) is 0. The van der Waals surface area contributed by atoms with Crippen LogP contribution in [0.4, 0.5) is 0 Å². The second-order valence-electron chi connectivity index (χ2n) is 5.45. The molecular formula is C15H20ClN3. The Hall–Kier alpha value is -1.32. The monoisotopic (exact) mass is 277 g/mol. The maximum absolute atomic E-state index is 6.42. The van der Waals surface area contributed by atoms with E-state index in [2.05, 4.69) is 18.9 Å². The van der Waals surface area contributed by atoms with Crippen LogP contribution in [-0.2, 0) is 12.0 Å².